The fourth-order valence-corrected chi connectivity index (χ4v) is 2.49. The van der Waals surface area contributed by atoms with E-state index in [1.807, 2.05) is 27.7 Å². The first-order valence-corrected chi connectivity index (χ1v) is 7.01. The monoisotopic (exact) mass is 286 g/mol. The van der Waals surface area contributed by atoms with Gasteiger partial charge in [-0.2, -0.15) is 0 Å². The maximum atomic E-state index is 12.6. The molecule has 6 heteroatoms. The fourth-order valence-electron chi connectivity index (χ4n) is 2.49. The zero-order valence-electron chi connectivity index (χ0n) is 13.0. The van der Waals surface area contributed by atoms with E-state index in [4.69, 9.17) is 4.74 Å². The van der Waals surface area contributed by atoms with Gasteiger partial charge in [-0.3, -0.25) is 9.59 Å². The average molecular weight is 286 g/mol. The molecule has 0 aliphatic carbocycles. The molecular formula is C14H26N2O4. The van der Waals surface area contributed by atoms with Crippen molar-refractivity contribution in [3.63, 3.8) is 0 Å². The molecule has 0 aromatic carbocycles. The molecule has 0 bridgehead atoms. The number of amides is 2. The van der Waals surface area contributed by atoms with E-state index in [0.29, 0.717) is 13.1 Å². The van der Waals surface area contributed by atoms with E-state index >= 15 is 0 Å². The van der Waals surface area contributed by atoms with Crippen LogP contribution in [0.15, 0.2) is 0 Å². The van der Waals surface area contributed by atoms with Gasteiger partial charge in [0.15, 0.2) is 0 Å². The second-order valence-electron chi connectivity index (χ2n) is 6.32. The summed E-state index contributed by atoms with van der Waals surface area (Å²) < 4.78 is 5.69. The topological polar surface area (TPSA) is 78.9 Å². The van der Waals surface area contributed by atoms with Crippen molar-refractivity contribution in [3.8, 4) is 0 Å². The van der Waals surface area contributed by atoms with Crippen LogP contribution in [0.5, 0.6) is 0 Å². The fraction of sp³-hybridized carbons (Fsp3) is 0.857. The van der Waals surface area contributed by atoms with E-state index in [2.05, 4.69) is 5.32 Å². The first kappa shape index (κ1) is 16.9. The van der Waals surface area contributed by atoms with Crippen LogP contribution >= 0.6 is 0 Å². The van der Waals surface area contributed by atoms with Crippen molar-refractivity contribution >= 4 is 11.8 Å². The molecular weight excluding hydrogens is 260 g/mol. The number of hydrogen-bond donors (Lipinski definition) is 2. The van der Waals surface area contributed by atoms with Crippen molar-refractivity contribution in [2.75, 3.05) is 19.7 Å². The maximum absolute atomic E-state index is 12.6. The number of hydrogen-bond acceptors (Lipinski definition) is 4. The van der Waals surface area contributed by atoms with Crippen molar-refractivity contribution in [1.82, 2.24) is 10.2 Å². The summed E-state index contributed by atoms with van der Waals surface area (Å²) in [6, 6.07) is -0.541. The Morgan fingerprint density at radius 2 is 2.05 bits per heavy atom. The van der Waals surface area contributed by atoms with E-state index in [0.717, 1.165) is 0 Å². The van der Waals surface area contributed by atoms with Crippen LogP contribution in [0, 0.1) is 5.92 Å². The Morgan fingerprint density at radius 1 is 1.45 bits per heavy atom. The van der Waals surface area contributed by atoms with Gasteiger partial charge in [0, 0.05) is 20.0 Å². The average Bonchev–Trinajstić information content (AvgIpc) is 2.32. The summed E-state index contributed by atoms with van der Waals surface area (Å²) >= 11 is 0. The van der Waals surface area contributed by atoms with Gasteiger partial charge < -0.3 is 20.1 Å². The van der Waals surface area contributed by atoms with Crippen LogP contribution in [0.2, 0.25) is 0 Å². The van der Waals surface area contributed by atoms with Crippen molar-refractivity contribution in [3.05, 3.63) is 0 Å². The molecule has 0 spiro atoms. The number of ether oxygens (including phenoxy) is 1. The van der Waals surface area contributed by atoms with Gasteiger partial charge in [0.2, 0.25) is 11.8 Å². The molecule has 1 saturated heterocycles. The molecule has 1 aliphatic rings. The van der Waals surface area contributed by atoms with Crippen LogP contribution < -0.4 is 5.32 Å². The third-order valence-corrected chi connectivity index (χ3v) is 3.29. The molecule has 2 atom stereocenters. The van der Waals surface area contributed by atoms with Gasteiger partial charge in [-0.15, -0.1) is 0 Å². The van der Waals surface area contributed by atoms with Crippen LogP contribution in [-0.4, -0.2) is 59.3 Å². The molecule has 1 aliphatic heterocycles. The predicted octanol–water partition coefficient (Wildman–Crippen LogP) is 0.145. The number of nitrogens with zero attached hydrogens (tertiary/aromatic N) is 1. The largest absolute Gasteiger partial charge is 0.394 e. The highest BCUT2D eigenvalue weighted by molar-refractivity contribution is 5.87. The lowest BCUT2D eigenvalue weighted by molar-refractivity contribution is -0.169. The number of carbonyl (C=O) groups is 2. The van der Waals surface area contributed by atoms with Crippen LogP contribution in [0.3, 0.4) is 0 Å². The quantitative estimate of drug-likeness (QED) is 0.771. The highest BCUT2D eigenvalue weighted by atomic mass is 16.5. The lowest BCUT2D eigenvalue weighted by Crippen LogP contribution is -2.60. The lowest BCUT2D eigenvalue weighted by atomic mass is 9.99. The first-order valence-electron chi connectivity index (χ1n) is 7.01. The lowest BCUT2D eigenvalue weighted by Gasteiger charge is -2.43. The molecule has 0 saturated carbocycles. The van der Waals surface area contributed by atoms with E-state index in [1.54, 1.807) is 4.90 Å². The van der Waals surface area contributed by atoms with Gasteiger partial charge in [-0.1, -0.05) is 13.8 Å². The Hall–Kier alpha value is -1.14. The summed E-state index contributed by atoms with van der Waals surface area (Å²) in [5, 5.41) is 12.0. The third-order valence-electron chi connectivity index (χ3n) is 3.29. The summed E-state index contributed by atoms with van der Waals surface area (Å²) in [4.78, 5) is 25.5. The van der Waals surface area contributed by atoms with Crippen LogP contribution in [0.4, 0.5) is 0 Å². The Balaban J connectivity index is 2.84. The van der Waals surface area contributed by atoms with E-state index in [1.165, 1.54) is 6.92 Å². The molecule has 1 rings (SSSR count). The number of rotatable bonds is 4. The van der Waals surface area contributed by atoms with E-state index < -0.39 is 11.6 Å². The molecule has 2 N–H and O–H groups in total. The standard InChI is InChI=1S/C14H26N2O4/c1-9(2)12(15-10(3)18)13(19)16-6-11(7-17)20-14(4,5)8-16/h9,11-12,17H,6-8H2,1-5H3,(H,15,18). The zero-order chi connectivity index (χ0) is 15.5. The Kier molecular flexibility index (Phi) is 5.53. The maximum Gasteiger partial charge on any atom is 0.245 e. The van der Waals surface area contributed by atoms with Crippen molar-refractivity contribution < 1.29 is 19.4 Å². The summed E-state index contributed by atoms with van der Waals surface area (Å²) in [5.74, 6) is -0.335. The van der Waals surface area contributed by atoms with Crippen molar-refractivity contribution in [2.24, 2.45) is 5.92 Å². The minimum Gasteiger partial charge on any atom is -0.394 e. The van der Waals surface area contributed by atoms with Gasteiger partial charge in [-0.05, 0) is 19.8 Å². The molecule has 0 aromatic rings. The zero-order valence-corrected chi connectivity index (χ0v) is 13.0. The molecule has 2 amide bonds. The van der Waals surface area contributed by atoms with Crippen LogP contribution in [0.25, 0.3) is 0 Å². The molecule has 116 valence electrons. The molecule has 1 heterocycles. The Labute approximate surface area is 120 Å². The van der Waals surface area contributed by atoms with E-state index in [-0.39, 0.29) is 30.4 Å². The summed E-state index contributed by atoms with van der Waals surface area (Å²) in [7, 11) is 0. The molecule has 0 radical (unpaired) electrons. The summed E-state index contributed by atoms with van der Waals surface area (Å²) in [6.07, 6.45) is -0.382. The molecule has 1 fully saturated rings. The Bertz CT molecular complexity index is 368. The number of nitrogens with one attached hydrogen (secondary N) is 1. The predicted molar refractivity (Wildman–Crippen MR) is 75.1 cm³/mol. The van der Waals surface area contributed by atoms with Gasteiger partial charge in [0.1, 0.15) is 6.04 Å². The Morgan fingerprint density at radius 3 is 2.50 bits per heavy atom. The second-order valence-corrected chi connectivity index (χ2v) is 6.32. The minimum absolute atomic E-state index is 0.00457. The van der Waals surface area contributed by atoms with Gasteiger partial charge in [0.05, 0.1) is 18.3 Å². The van der Waals surface area contributed by atoms with Crippen LogP contribution in [-0.2, 0) is 14.3 Å². The van der Waals surface area contributed by atoms with E-state index in [9.17, 15) is 14.7 Å². The summed E-state index contributed by atoms with van der Waals surface area (Å²) in [6.45, 7) is 9.64. The highest BCUT2D eigenvalue weighted by Gasteiger charge is 2.38. The molecule has 20 heavy (non-hydrogen) atoms. The molecule has 2 unspecified atom stereocenters. The van der Waals surface area contributed by atoms with Crippen molar-refractivity contribution in [1.29, 1.82) is 0 Å². The molecule has 0 aromatic heterocycles. The van der Waals surface area contributed by atoms with Gasteiger partial charge in [0.25, 0.3) is 0 Å². The van der Waals surface area contributed by atoms with Crippen LogP contribution in [0.1, 0.15) is 34.6 Å². The summed E-state index contributed by atoms with van der Waals surface area (Å²) in [5.41, 5.74) is -0.501. The normalized spacial score (nSPS) is 23.6. The van der Waals surface area contributed by atoms with Gasteiger partial charge >= 0.3 is 0 Å². The smallest absolute Gasteiger partial charge is 0.245 e. The number of aliphatic hydroxyl groups is 1. The minimum atomic E-state index is -0.541. The number of morpholine rings is 1. The SMILES string of the molecule is CC(=O)NC(C(=O)N1CC(CO)OC(C)(C)C1)C(C)C. The van der Waals surface area contributed by atoms with Crippen molar-refractivity contribution in [2.45, 2.75) is 52.4 Å². The number of aliphatic hydroxyl groups excluding tert-OH is 1. The number of carbonyl (C=O) groups excluding carboxylic acids is 2. The molecule has 6 nitrogen and oxygen atoms in total. The highest BCUT2D eigenvalue weighted by Crippen LogP contribution is 2.22. The van der Waals surface area contributed by atoms with Gasteiger partial charge in [-0.25, -0.2) is 0 Å². The third kappa shape index (κ3) is 4.45. The second kappa shape index (κ2) is 6.54. The first-order chi connectivity index (χ1) is 9.16.